The van der Waals surface area contributed by atoms with Gasteiger partial charge in [-0.2, -0.15) is 0 Å². The fraction of sp³-hybridized carbons (Fsp3) is 0.231. The molecule has 0 aliphatic rings. The summed E-state index contributed by atoms with van der Waals surface area (Å²) >= 11 is 0. The van der Waals surface area contributed by atoms with Crippen LogP contribution in [0.25, 0.3) is 0 Å². The Labute approximate surface area is 260 Å². The first-order valence-electron chi connectivity index (χ1n) is 14.6. The summed E-state index contributed by atoms with van der Waals surface area (Å²) in [6, 6.07) is 30.8. The van der Waals surface area contributed by atoms with Crippen molar-refractivity contribution in [2.75, 3.05) is 13.2 Å². The van der Waals surface area contributed by atoms with E-state index in [1.54, 1.807) is 0 Å². The third-order valence-electron chi connectivity index (χ3n) is 8.19. The second-order valence-electron chi connectivity index (χ2n) is 11.9. The van der Waals surface area contributed by atoms with E-state index in [1.165, 1.54) is 12.2 Å². The second-order valence-corrected chi connectivity index (χ2v) is 11.9. The molecule has 0 unspecified atom stereocenters. The molecule has 4 rings (SSSR count). The number of aliphatic hydroxyl groups excluding tert-OH is 1. The molecule has 0 heterocycles. The molecule has 0 atom stereocenters. The number of carbonyl (C=O) groups is 2. The summed E-state index contributed by atoms with van der Waals surface area (Å²) < 4.78 is 11.6. The van der Waals surface area contributed by atoms with Gasteiger partial charge in [-0.15, -0.1) is 0 Å². The van der Waals surface area contributed by atoms with Crippen LogP contribution in [0.15, 0.2) is 122 Å². The standard InChI is InChI=1S/C39H40O5/c1-7-36(41)27-9-13-29(14-10-27)38(3,4)31-17-21-34(22-18-31)43-25-33(40)26-44-35-23-19-32(20-24-35)39(5,6)30-15-11-28(12-16-30)37(42)8-2/h7-24,33,40H,1-2,25-26H2,3-6H3. The van der Waals surface area contributed by atoms with Crippen LogP contribution in [-0.2, 0) is 10.8 Å². The molecule has 4 aromatic rings. The highest BCUT2D eigenvalue weighted by Crippen LogP contribution is 2.34. The lowest BCUT2D eigenvalue weighted by Gasteiger charge is -2.26. The lowest BCUT2D eigenvalue weighted by molar-refractivity contribution is 0.0626. The Hall–Kier alpha value is -4.74. The van der Waals surface area contributed by atoms with Crippen molar-refractivity contribution in [1.82, 2.24) is 0 Å². The third kappa shape index (κ3) is 7.42. The maximum atomic E-state index is 11.9. The van der Waals surface area contributed by atoms with Gasteiger partial charge in [0.05, 0.1) is 0 Å². The van der Waals surface area contributed by atoms with Gasteiger partial charge >= 0.3 is 0 Å². The molecule has 0 spiro atoms. The van der Waals surface area contributed by atoms with Gasteiger partial charge in [-0.05, 0) is 58.7 Å². The van der Waals surface area contributed by atoms with E-state index in [-0.39, 0.29) is 35.6 Å². The highest BCUT2D eigenvalue weighted by Gasteiger charge is 2.24. The van der Waals surface area contributed by atoms with Crippen molar-refractivity contribution < 1.29 is 24.2 Å². The molecule has 0 saturated carbocycles. The van der Waals surface area contributed by atoms with E-state index in [4.69, 9.17) is 9.47 Å². The van der Waals surface area contributed by atoms with Gasteiger partial charge in [0.25, 0.3) is 0 Å². The molecule has 0 amide bonds. The van der Waals surface area contributed by atoms with E-state index in [1.807, 2.05) is 97.1 Å². The van der Waals surface area contributed by atoms with Crippen LogP contribution in [0.2, 0.25) is 0 Å². The molecule has 0 saturated heterocycles. The SMILES string of the molecule is C=CC(=O)c1ccc(C(C)(C)c2ccc(OCC(O)COc3ccc(C(C)(C)c4ccc(C(=O)C=C)cc4)cc3)cc2)cc1. The Bertz CT molecular complexity index is 1470. The predicted octanol–water partition coefficient (Wildman–Crippen LogP) is 7.89. The molecule has 5 nitrogen and oxygen atoms in total. The molecule has 0 aliphatic carbocycles. The number of hydrogen-bond acceptors (Lipinski definition) is 5. The molecule has 0 radical (unpaired) electrons. The molecule has 226 valence electrons. The maximum Gasteiger partial charge on any atom is 0.185 e. The van der Waals surface area contributed by atoms with E-state index in [2.05, 4.69) is 40.9 Å². The summed E-state index contributed by atoms with van der Waals surface area (Å²) in [5.74, 6) is 1.13. The summed E-state index contributed by atoms with van der Waals surface area (Å²) in [5.41, 5.74) is 5.07. The monoisotopic (exact) mass is 588 g/mol. The van der Waals surface area contributed by atoms with Crippen LogP contribution in [0.3, 0.4) is 0 Å². The largest absolute Gasteiger partial charge is 0.491 e. The normalized spacial score (nSPS) is 11.6. The van der Waals surface area contributed by atoms with Crippen molar-refractivity contribution in [1.29, 1.82) is 0 Å². The smallest absolute Gasteiger partial charge is 0.185 e. The Balaban J connectivity index is 1.28. The van der Waals surface area contributed by atoms with Gasteiger partial charge in [0.2, 0.25) is 0 Å². The number of benzene rings is 4. The molecule has 0 bridgehead atoms. The Morgan fingerprint density at radius 1 is 0.591 bits per heavy atom. The lowest BCUT2D eigenvalue weighted by atomic mass is 9.78. The zero-order chi connectivity index (χ0) is 31.9. The molecule has 0 aliphatic heterocycles. The Morgan fingerprint density at radius 3 is 1.14 bits per heavy atom. The molecule has 0 fully saturated rings. The van der Waals surface area contributed by atoms with Crippen LogP contribution >= 0.6 is 0 Å². The van der Waals surface area contributed by atoms with Crippen molar-refractivity contribution in [3.05, 3.63) is 156 Å². The minimum atomic E-state index is -0.809. The van der Waals surface area contributed by atoms with Gasteiger partial charge in [-0.25, -0.2) is 0 Å². The molecule has 1 N–H and O–H groups in total. The van der Waals surface area contributed by atoms with Crippen LogP contribution in [-0.4, -0.2) is 36.0 Å². The minimum absolute atomic E-state index is 0.0937. The maximum absolute atomic E-state index is 11.9. The van der Waals surface area contributed by atoms with Crippen molar-refractivity contribution in [3.8, 4) is 11.5 Å². The van der Waals surface area contributed by atoms with Crippen LogP contribution in [0.5, 0.6) is 11.5 Å². The zero-order valence-corrected chi connectivity index (χ0v) is 25.9. The van der Waals surface area contributed by atoms with Crippen LogP contribution < -0.4 is 9.47 Å². The fourth-order valence-corrected chi connectivity index (χ4v) is 5.04. The van der Waals surface area contributed by atoms with Gasteiger partial charge in [0, 0.05) is 22.0 Å². The van der Waals surface area contributed by atoms with Gasteiger partial charge < -0.3 is 14.6 Å². The number of rotatable bonds is 14. The summed E-state index contributed by atoms with van der Waals surface area (Å²) in [7, 11) is 0. The molecule has 4 aromatic carbocycles. The van der Waals surface area contributed by atoms with E-state index >= 15 is 0 Å². The Morgan fingerprint density at radius 2 is 0.864 bits per heavy atom. The second kappa shape index (κ2) is 13.7. The highest BCUT2D eigenvalue weighted by molar-refractivity contribution is 6.04. The van der Waals surface area contributed by atoms with Crippen molar-refractivity contribution in [2.24, 2.45) is 0 Å². The molecular formula is C39H40O5. The molecule has 44 heavy (non-hydrogen) atoms. The van der Waals surface area contributed by atoms with Gasteiger partial charge in [-0.3, -0.25) is 9.59 Å². The number of hydrogen-bond donors (Lipinski definition) is 1. The first kappa shape index (κ1) is 32.2. The van der Waals surface area contributed by atoms with E-state index < -0.39 is 6.10 Å². The number of ether oxygens (including phenoxy) is 2. The van der Waals surface area contributed by atoms with Crippen molar-refractivity contribution >= 4 is 11.6 Å². The van der Waals surface area contributed by atoms with Gasteiger partial charge in [-0.1, -0.05) is 114 Å². The summed E-state index contributed by atoms with van der Waals surface area (Å²) in [6.45, 7) is 15.8. The van der Waals surface area contributed by atoms with Crippen LogP contribution in [0.4, 0.5) is 0 Å². The van der Waals surface area contributed by atoms with Crippen LogP contribution in [0, 0.1) is 0 Å². The summed E-state index contributed by atoms with van der Waals surface area (Å²) in [5, 5.41) is 10.5. The zero-order valence-electron chi connectivity index (χ0n) is 25.9. The van der Waals surface area contributed by atoms with Gasteiger partial charge in [0.1, 0.15) is 30.8 Å². The van der Waals surface area contributed by atoms with Gasteiger partial charge in [0.15, 0.2) is 11.6 Å². The average Bonchev–Trinajstić information content (AvgIpc) is 3.06. The third-order valence-corrected chi connectivity index (χ3v) is 8.19. The van der Waals surface area contributed by atoms with E-state index in [0.29, 0.717) is 22.6 Å². The Kier molecular flexibility index (Phi) is 10.0. The van der Waals surface area contributed by atoms with Crippen molar-refractivity contribution in [2.45, 2.75) is 44.6 Å². The lowest BCUT2D eigenvalue weighted by Crippen LogP contribution is -2.25. The quantitative estimate of drug-likeness (QED) is 0.120. The van der Waals surface area contributed by atoms with E-state index in [0.717, 1.165) is 22.3 Å². The van der Waals surface area contributed by atoms with Crippen LogP contribution in [0.1, 0.15) is 70.7 Å². The fourth-order valence-electron chi connectivity index (χ4n) is 5.04. The average molecular weight is 589 g/mol. The predicted molar refractivity (Wildman–Crippen MR) is 176 cm³/mol. The molecule has 0 aromatic heterocycles. The topological polar surface area (TPSA) is 72.8 Å². The molecular weight excluding hydrogens is 548 g/mol. The number of aliphatic hydroxyl groups is 1. The highest BCUT2D eigenvalue weighted by atomic mass is 16.5. The summed E-state index contributed by atoms with van der Waals surface area (Å²) in [4.78, 5) is 23.7. The minimum Gasteiger partial charge on any atom is -0.491 e. The first-order chi connectivity index (χ1) is 20.9. The number of ketones is 2. The molecule has 5 heteroatoms. The number of allylic oxidation sites excluding steroid dienone is 2. The van der Waals surface area contributed by atoms with E-state index in [9.17, 15) is 14.7 Å². The first-order valence-corrected chi connectivity index (χ1v) is 14.6. The van der Waals surface area contributed by atoms with Crippen molar-refractivity contribution in [3.63, 3.8) is 0 Å². The number of carbonyl (C=O) groups excluding carboxylic acids is 2. The summed E-state index contributed by atoms with van der Waals surface area (Å²) in [6.07, 6.45) is 1.83.